The third kappa shape index (κ3) is 3.18. The smallest absolute Gasteiger partial charge is 0.229 e. The van der Waals surface area contributed by atoms with E-state index in [4.69, 9.17) is 4.52 Å². The van der Waals surface area contributed by atoms with E-state index in [0.717, 1.165) is 37.4 Å². The van der Waals surface area contributed by atoms with Gasteiger partial charge in [-0.15, -0.1) is 0 Å². The van der Waals surface area contributed by atoms with Crippen molar-refractivity contribution in [3.63, 3.8) is 0 Å². The summed E-state index contributed by atoms with van der Waals surface area (Å²) in [5.41, 5.74) is 0. The maximum absolute atomic E-state index is 12.3. The fraction of sp³-hybridized carbons (Fsp3) is 0.688. The zero-order chi connectivity index (χ0) is 16.4. The summed E-state index contributed by atoms with van der Waals surface area (Å²) in [6.07, 6.45) is 8.54. The summed E-state index contributed by atoms with van der Waals surface area (Å²) in [5, 5.41) is 11.2. The first kappa shape index (κ1) is 15.3. The van der Waals surface area contributed by atoms with Crippen LogP contribution in [0.5, 0.6) is 0 Å². The van der Waals surface area contributed by atoms with Crippen molar-refractivity contribution >= 4 is 5.91 Å². The third-order valence-electron chi connectivity index (χ3n) is 5.01. The first-order valence-corrected chi connectivity index (χ1v) is 8.76. The summed E-state index contributed by atoms with van der Waals surface area (Å²) < 4.78 is 7.18. The van der Waals surface area contributed by atoms with Gasteiger partial charge < -0.3 is 9.84 Å². The van der Waals surface area contributed by atoms with Crippen molar-refractivity contribution in [3.05, 3.63) is 23.9 Å². The number of hydrogen-bond donors (Lipinski definition) is 1. The van der Waals surface area contributed by atoms with E-state index in [9.17, 15) is 4.79 Å². The predicted octanol–water partition coefficient (Wildman–Crippen LogP) is 1.24. The van der Waals surface area contributed by atoms with Crippen LogP contribution in [-0.2, 0) is 24.2 Å². The van der Waals surface area contributed by atoms with E-state index in [-0.39, 0.29) is 11.8 Å². The van der Waals surface area contributed by atoms with Gasteiger partial charge in [-0.1, -0.05) is 18.0 Å². The zero-order valence-electron chi connectivity index (χ0n) is 13.6. The number of nitrogens with zero attached hydrogens (tertiary/aromatic N) is 5. The SMILES string of the molecule is O=C(NCCc1noc(C2CCCC2)n1)C1CCc2ncnn2C1. The van der Waals surface area contributed by atoms with Crippen LogP contribution in [-0.4, -0.2) is 37.4 Å². The van der Waals surface area contributed by atoms with Gasteiger partial charge in [0.15, 0.2) is 5.82 Å². The number of carbonyl (C=O) groups is 1. The largest absolute Gasteiger partial charge is 0.355 e. The molecule has 3 heterocycles. The molecule has 128 valence electrons. The molecule has 1 N–H and O–H groups in total. The second-order valence-electron chi connectivity index (χ2n) is 6.67. The quantitative estimate of drug-likeness (QED) is 0.885. The highest BCUT2D eigenvalue weighted by Gasteiger charge is 2.26. The normalized spacial score (nSPS) is 20.9. The Labute approximate surface area is 140 Å². The van der Waals surface area contributed by atoms with Gasteiger partial charge in [-0.3, -0.25) is 4.79 Å². The number of aryl methyl sites for hydroxylation is 1. The molecule has 2 aliphatic rings. The minimum absolute atomic E-state index is 0.0430. The van der Waals surface area contributed by atoms with Crippen LogP contribution in [0.2, 0.25) is 0 Å². The number of nitrogens with one attached hydrogen (secondary N) is 1. The molecule has 1 amide bonds. The van der Waals surface area contributed by atoms with Crippen LogP contribution in [0.4, 0.5) is 0 Å². The number of amides is 1. The first-order valence-electron chi connectivity index (χ1n) is 8.76. The molecule has 2 aromatic heterocycles. The van der Waals surface area contributed by atoms with Crippen molar-refractivity contribution in [2.24, 2.45) is 5.92 Å². The molecule has 0 spiro atoms. The van der Waals surface area contributed by atoms with Crippen LogP contribution in [0.15, 0.2) is 10.9 Å². The second-order valence-corrected chi connectivity index (χ2v) is 6.67. The van der Waals surface area contributed by atoms with Crippen molar-refractivity contribution < 1.29 is 9.32 Å². The highest BCUT2D eigenvalue weighted by Crippen LogP contribution is 2.32. The molecule has 1 atom stereocenters. The van der Waals surface area contributed by atoms with E-state index in [1.165, 1.54) is 12.8 Å². The van der Waals surface area contributed by atoms with Gasteiger partial charge in [0, 0.05) is 25.3 Å². The number of rotatable bonds is 5. The molecule has 1 aliphatic heterocycles. The van der Waals surface area contributed by atoms with Crippen LogP contribution in [0.1, 0.15) is 55.6 Å². The highest BCUT2D eigenvalue weighted by molar-refractivity contribution is 5.78. The van der Waals surface area contributed by atoms with Gasteiger partial charge in [-0.25, -0.2) is 9.67 Å². The third-order valence-corrected chi connectivity index (χ3v) is 5.01. The average Bonchev–Trinajstić information content (AvgIpc) is 3.34. The van der Waals surface area contributed by atoms with Crippen molar-refractivity contribution in [1.82, 2.24) is 30.2 Å². The molecule has 0 aromatic carbocycles. The molecule has 2 aromatic rings. The Hall–Kier alpha value is -2.25. The molecular weight excluding hydrogens is 308 g/mol. The highest BCUT2D eigenvalue weighted by atomic mass is 16.5. The van der Waals surface area contributed by atoms with Gasteiger partial charge in [-0.05, 0) is 19.3 Å². The predicted molar refractivity (Wildman–Crippen MR) is 84.1 cm³/mol. The Kier molecular flexibility index (Phi) is 4.27. The summed E-state index contributed by atoms with van der Waals surface area (Å²) in [5.74, 6) is 2.86. The average molecular weight is 330 g/mol. The summed E-state index contributed by atoms with van der Waals surface area (Å²) in [6.45, 7) is 1.14. The zero-order valence-corrected chi connectivity index (χ0v) is 13.6. The second kappa shape index (κ2) is 6.70. The van der Waals surface area contributed by atoms with Gasteiger partial charge in [0.2, 0.25) is 11.8 Å². The molecule has 8 nitrogen and oxygen atoms in total. The standard InChI is InChI=1S/C16H22N6O2/c23-15(12-5-6-14-18-10-19-22(14)9-12)17-8-7-13-20-16(24-21-13)11-3-1-2-4-11/h10-12H,1-9H2,(H,17,23). The Morgan fingerprint density at radius 2 is 2.21 bits per heavy atom. The Balaban J connectivity index is 1.25. The molecule has 1 unspecified atom stereocenters. The Morgan fingerprint density at radius 3 is 3.08 bits per heavy atom. The molecule has 1 aliphatic carbocycles. The molecule has 0 saturated heterocycles. The van der Waals surface area contributed by atoms with Gasteiger partial charge in [-0.2, -0.15) is 10.1 Å². The molecule has 4 rings (SSSR count). The number of hydrogen-bond acceptors (Lipinski definition) is 6. The van der Waals surface area contributed by atoms with E-state index < -0.39 is 0 Å². The lowest BCUT2D eigenvalue weighted by Crippen LogP contribution is -2.37. The van der Waals surface area contributed by atoms with Gasteiger partial charge in [0.25, 0.3) is 0 Å². The number of fused-ring (bicyclic) bond motifs is 1. The lowest BCUT2D eigenvalue weighted by molar-refractivity contribution is -0.126. The fourth-order valence-corrected chi connectivity index (χ4v) is 3.60. The minimum atomic E-state index is -0.0430. The van der Waals surface area contributed by atoms with Crippen molar-refractivity contribution in [2.45, 2.75) is 57.4 Å². The molecule has 1 fully saturated rings. The van der Waals surface area contributed by atoms with Gasteiger partial charge in [0.05, 0.1) is 12.5 Å². The van der Waals surface area contributed by atoms with Crippen LogP contribution < -0.4 is 5.32 Å². The van der Waals surface area contributed by atoms with Crippen LogP contribution >= 0.6 is 0 Å². The summed E-state index contributed by atoms with van der Waals surface area (Å²) in [7, 11) is 0. The summed E-state index contributed by atoms with van der Waals surface area (Å²) in [6, 6.07) is 0. The molecule has 24 heavy (non-hydrogen) atoms. The summed E-state index contributed by atoms with van der Waals surface area (Å²) >= 11 is 0. The van der Waals surface area contributed by atoms with Crippen LogP contribution in [0.3, 0.4) is 0 Å². The molecule has 1 saturated carbocycles. The van der Waals surface area contributed by atoms with Crippen LogP contribution in [0, 0.1) is 5.92 Å². The fourth-order valence-electron chi connectivity index (χ4n) is 3.60. The molecular formula is C16H22N6O2. The van der Waals surface area contributed by atoms with E-state index in [1.807, 2.05) is 4.68 Å². The van der Waals surface area contributed by atoms with Crippen molar-refractivity contribution in [1.29, 1.82) is 0 Å². The topological polar surface area (TPSA) is 98.7 Å². The van der Waals surface area contributed by atoms with Gasteiger partial charge >= 0.3 is 0 Å². The lowest BCUT2D eigenvalue weighted by Gasteiger charge is -2.21. The lowest BCUT2D eigenvalue weighted by atomic mass is 9.99. The Morgan fingerprint density at radius 1 is 1.33 bits per heavy atom. The first-order chi connectivity index (χ1) is 11.8. The molecule has 0 bridgehead atoms. The van der Waals surface area contributed by atoms with Crippen molar-refractivity contribution in [3.8, 4) is 0 Å². The maximum atomic E-state index is 12.3. The van der Waals surface area contributed by atoms with E-state index >= 15 is 0 Å². The van der Waals surface area contributed by atoms with Crippen molar-refractivity contribution in [2.75, 3.05) is 6.54 Å². The number of aromatic nitrogens is 5. The summed E-state index contributed by atoms with van der Waals surface area (Å²) in [4.78, 5) is 21.0. The van der Waals surface area contributed by atoms with Gasteiger partial charge in [0.1, 0.15) is 12.2 Å². The van der Waals surface area contributed by atoms with E-state index in [0.29, 0.717) is 31.3 Å². The van der Waals surface area contributed by atoms with E-state index in [2.05, 4.69) is 25.5 Å². The minimum Gasteiger partial charge on any atom is -0.355 e. The van der Waals surface area contributed by atoms with Crippen LogP contribution in [0.25, 0.3) is 0 Å². The Bertz CT molecular complexity index is 703. The monoisotopic (exact) mass is 330 g/mol. The maximum Gasteiger partial charge on any atom is 0.229 e. The molecule has 0 radical (unpaired) electrons. The number of carbonyl (C=O) groups excluding carboxylic acids is 1. The van der Waals surface area contributed by atoms with E-state index in [1.54, 1.807) is 6.33 Å². The molecule has 8 heteroatoms.